The molecule has 7 heteroatoms. The lowest BCUT2D eigenvalue weighted by molar-refractivity contribution is 0.673. The number of hydrogen-bond donors (Lipinski definition) is 0. The molecule has 12 aromatic rings. The Hall–Kier alpha value is -8.34. The fraction of sp³-hybridized carbons (Fsp3) is 0. The summed E-state index contributed by atoms with van der Waals surface area (Å²) in [4.78, 5) is 14.7. The third-order valence-corrected chi connectivity index (χ3v) is 11.4. The van der Waals surface area contributed by atoms with Crippen molar-refractivity contribution < 1.29 is 4.42 Å². The van der Waals surface area contributed by atoms with Gasteiger partial charge in [-0.2, -0.15) is 5.26 Å². The van der Waals surface area contributed by atoms with E-state index in [1.165, 1.54) is 5.39 Å². The Balaban J connectivity index is 1.07. The summed E-state index contributed by atoms with van der Waals surface area (Å²) in [6.45, 7) is 0. The molecule has 0 atom stereocenters. The minimum absolute atomic E-state index is 0.492. The molecule has 0 saturated carbocycles. The fourth-order valence-corrected chi connectivity index (χ4v) is 8.85. The first-order chi connectivity index (χ1) is 29.2. The number of rotatable bonds is 5. The fourth-order valence-electron chi connectivity index (χ4n) is 8.85. The molecule has 12 rings (SSSR count). The number of benzene rings is 8. The summed E-state index contributed by atoms with van der Waals surface area (Å²) in [5.74, 6) is 1.62. The molecule has 4 heterocycles. The monoisotopic (exact) mass is 754 g/mol. The first-order valence-electron chi connectivity index (χ1n) is 19.5. The van der Waals surface area contributed by atoms with Gasteiger partial charge in [-0.1, -0.05) is 115 Å². The highest BCUT2D eigenvalue weighted by Crippen LogP contribution is 2.45. The summed E-state index contributed by atoms with van der Waals surface area (Å²) in [5, 5.41) is 17.3. The van der Waals surface area contributed by atoms with Crippen molar-refractivity contribution in [1.29, 1.82) is 5.26 Å². The summed E-state index contributed by atoms with van der Waals surface area (Å²) in [6, 6.07) is 64.2. The molecule has 0 aliphatic carbocycles. The predicted molar refractivity (Wildman–Crippen MR) is 237 cm³/mol. The Morgan fingerprint density at radius 2 is 0.966 bits per heavy atom. The van der Waals surface area contributed by atoms with Crippen LogP contribution in [0.2, 0.25) is 0 Å². The summed E-state index contributed by atoms with van der Waals surface area (Å²) in [5.41, 5.74) is 10.7. The average molecular weight is 755 g/mol. The van der Waals surface area contributed by atoms with E-state index in [1.807, 2.05) is 91.0 Å². The van der Waals surface area contributed by atoms with Gasteiger partial charge in [0.05, 0.1) is 38.7 Å². The molecule has 274 valence electrons. The van der Waals surface area contributed by atoms with Gasteiger partial charge in [0.25, 0.3) is 0 Å². The SMILES string of the molecule is N#Cc1cc(-c2nc(-c3ccccc3)nc(-c3ccccc3)n2)ccc1-n1c2ccccc2c2c3oc4ccc5c(c6ccccc6n5-c5ccccc5)c4c3ccc21. The summed E-state index contributed by atoms with van der Waals surface area (Å²) >= 11 is 0. The zero-order valence-electron chi connectivity index (χ0n) is 31.4. The van der Waals surface area contributed by atoms with Crippen molar-refractivity contribution in [2.45, 2.75) is 0 Å². The molecule has 0 bridgehead atoms. The van der Waals surface area contributed by atoms with E-state index in [0.29, 0.717) is 23.0 Å². The Morgan fingerprint density at radius 3 is 1.63 bits per heavy atom. The maximum absolute atomic E-state index is 10.8. The smallest absolute Gasteiger partial charge is 0.164 e. The molecule has 7 nitrogen and oxygen atoms in total. The van der Waals surface area contributed by atoms with Crippen LogP contribution in [0, 0.1) is 11.3 Å². The van der Waals surface area contributed by atoms with Gasteiger partial charge in [-0.15, -0.1) is 0 Å². The zero-order valence-corrected chi connectivity index (χ0v) is 31.4. The van der Waals surface area contributed by atoms with Crippen LogP contribution in [0.15, 0.2) is 186 Å². The lowest BCUT2D eigenvalue weighted by Crippen LogP contribution is -2.02. The normalized spacial score (nSPS) is 11.7. The highest BCUT2D eigenvalue weighted by molar-refractivity contribution is 6.31. The molecular weight excluding hydrogens is 725 g/mol. The molecule has 0 aliphatic heterocycles. The van der Waals surface area contributed by atoms with Crippen LogP contribution in [-0.2, 0) is 0 Å². The standard InChI is InChI=1S/C52H30N6O/c53-31-35-30-34(52-55-50(32-14-4-1-5-15-32)54-51(56-52)33-16-6-2-7-17-33)24-26-40(35)58-42-23-13-11-21-38(42)47-44(58)27-25-39-48-45(59-49(39)47)29-28-43-46(48)37-20-10-12-22-41(37)57(43)36-18-8-3-9-19-36/h1-30H. The lowest BCUT2D eigenvalue weighted by Gasteiger charge is -2.12. The topological polar surface area (TPSA) is 85.5 Å². The summed E-state index contributed by atoms with van der Waals surface area (Å²) in [6.07, 6.45) is 0. The van der Waals surface area contributed by atoms with Crippen molar-refractivity contribution in [3.63, 3.8) is 0 Å². The third kappa shape index (κ3) is 4.97. The van der Waals surface area contributed by atoms with Gasteiger partial charge in [0, 0.05) is 49.3 Å². The quantitative estimate of drug-likeness (QED) is 0.175. The first kappa shape index (κ1) is 32.9. The van der Waals surface area contributed by atoms with Crippen LogP contribution in [0.3, 0.4) is 0 Å². The van der Waals surface area contributed by atoms with E-state index in [-0.39, 0.29) is 0 Å². The lowest BCUT2D eigenvalue weighted by atomic mass is 10.0. The van der Waals surface area contributed by atoms with Crippen LogP contribution in [0.5, 0.6) is 0 Å². The van der Waals surface area contributed by atoms with E-state index >= 15 is 0 Å². The van der Waals surface area contributed by atoms with Gasteiger partial charge in [-0.25, -0.2) is 15.0 Å². The van der Waals surface area contributed by atoms with Crippen molar-refractivity contribution in [2.75, 3.05) is 0 Å². The number of nitrogens with zero attached hydrogens (tertiary/aromatic N) is 6. The molecule has 0 radical (unpaired) electrons. The van der Waals surface area contributed by atoms with Crippen LogP contribution < -0.4 is 0 Å². The van der Waals surface area contributed by atoms with E-state index in [1.54, 1.807) is 0 Å². The maximum Gasteiger partial charge on any atom is 0.164 e. The van der Waals surface area contributed by atoms with Crippen LogP contribution >= 0.6 is 0 Å². The van der Waals surface area contributed by atoms with Crippen molar-refractivity contribution in [2.24, 2.45) is 0 Å². The van der Waals surface area contributed by atoms with Crippen molar-refractivity contribution in [3.8, 4) is 51.6 Å². The molecule has 8 aromatic carbocycles. The molecular formula is C52H30N6O. The van der Waals surface area contributed by atoms with Gasteiger partial charge in [-0.05, 0) is 66.7 Å². The Bertz CT molecular complexity index is 3610. The van der Waals surface area contributed by atoms with E-state index in [2.05, 4.69) is 106 Å². The Labute approximate surface area is 337 Å². The summed E-state index contributed by atoms with van der Waals surface area (Å²) < 4.78 is 11.4. The Kier molecular flexibility index (Phi) is 7.16. The molecule has 4 aromatic heterocycles. The predicted octanol–water partition coefficient (Wildman–Crippen LogP) is 12.8. The number of furan rings is 1. The van der Waals surface area contributed by atoms with E-state index in [4.69, 9.17) is 19.4 Å². The minimum atomic E-state index is 0.492. The number of para-hydroxylation sites is 3. The van der Waals surface area contributed by atoms with Gasteiger partial charge in [0.1, 0.15) is 17.2 Å². The number of hydrogen-bond acceptors (Lipinski definition) is 5. The molecule has 0 fully saturated rings. The molecule has 0 N–H and O–H groups in total. The molecule has 0 spiro atoms. The molecule has 0 unspecified atom stereocenters. The van der Waals surface area contributed by atoms with Crippen molar-refractivity contribution in [1.82, 2.24) is 24.1 Å². The van der Waals surface area contributed by atoms with Gasteiger partial charge in [0.2, 0.25) is 0 Å². The third-order valence-electron chi connectivity index (χ3n) is 11.4. The highest BCUT2D eigenvalue weighted by atomic mass is 16.3. The zero-order chi connectivity index (χ0) is 39.0. The van der Waals surface area contributed by atoms with E-state index in [0.717, 1.165) is 88.2 Å². The largest absolute Gasteiger partial charge is 0.455 e. The molecule has 0 saturated heterocycles. The molecule has 0 aliphatic rings. The second-order valence-corrected chi connectivity index (χ2v) is 14.7. The van der Waals surface area contributed by atoms with Crippen LogP contribution in [0.1, 0.15) is 5.56 Å². The average Bonchev–Trinajstić information content (AvgIpc) is 3.97. The van der Waals surface area contributed by atoms with Crippen molar-refractivity contribution in [3.05, 3.63) is 188 Å². The van der Waals surface area contributed by atoms with Crippen LogP contribution in [0.25, 0.3) is 111 Å². The summed E-state index contributed by atoms with van der Waals surface area (Å²) in [7, 11) is 0. The molecule has 59 heavy (non-hydrogen) atoms. The second-order valence-electron chi connectivity index (χ2n) is 14.7. The minimum Gasteiger partial charge on any atom is -0.455 e. The van der Waals surface area contributed by atoms with Gasteiger partial charge in [0.15, 0.2) is 17.5 Å². The van der Waals surface area contributed by atoms with Gasteiger partial charge >= 0.3 is 0 Å². The van der Waals surface area contributed by atoms with Gasteiger partial charge < -0.3 is 13.6 Å². The van der Waals surface area contributed by atoms with E-state index < -0.39 is 0 Å². The number of aromatic nitrogens is 5. The van der Waals surface area contributed by atoms with Gasteiger partial charge in [-0.3, -0.25) is 0 Å². The van der Waals surface area contributed by atoms with Crippen LogP contribution in [0.4, 0.5) is 0 Å². The van der Waals surface area contributed by atoms with Crippen LogP contribution in [-0.4, -0.2) is 24.1 Å². The van der Waals surface area contributed by atoms with E-state index in [9.17, 15) is 5.26 Å². The first-order valence-corrected chi connectivity index (χ1v) is 19.5. The second kappa shape index (κ2) is 12.8. The molecule has 0 amide bonds. The number of fused-ring (bicyclic) bond motifs is 11. The van der Waals surface area contributed by atoms with Crippen molar-refractivity contribution >= 4 is 65.6 Å². The Morgan fingerprint density at radius 1 is 0.424 bits per heavy atom. The number of nitriles is 1. The highest BCUT2D eigenvalue weighted by Gasteiger charge is 2.24. The maximum atomic E-state index is 10.8.